The molecule has 1 aliphatic rings. The third kappa shape index (κ3) is 3.77. The van der Waals surface area contributed by atoms with E-state index in [1.165, 1.54) is 11.1 Å². The van der Waals surface area contributed by atoms with Gasteiger partial charge in [0, 0.05) is 18.5 Å². The van der Waals surface area contributed by atoms with Crippen molar-refractivity contribution in [2.24, 2.45) is 0 Å². The molecule has 0 aliphatic carbocycles. The van der Waals surface area contributed by atoms with Gasteiger partial charge in [0.25, 0.3) is 0 Å². The van der Waals surface area contributed by atoms with Gasteiger partial charge in [0.05, 0.1) is 0 Å². The number of ketones is 1. The molecule has 2 nitrogen and oxygen atoms in total. The summed E-state index contributed by atoms with van der Waals surface area (Å²) in [5.74, 6) is 0.317. The van der Waals surface area contributed by atoms with E-state index in [4.69, 9.17) is 0 Å². The van der Waals surface area contributed by atoms with E-state index in [-0.39, 0.29) is 0 Å². The van der Waals surface area contributed by atoms with Gasteiger partial charge in [0.1, 0.15) is 0 Å². The lowest BCUT2D eigenvalue weighted by Gasteiger charge is -2.19. The molecule has 19 heavy (non-hydrogen) atoms. The molecule has 1 aliphatic heterocycles. The Morgan fingerprint density at radius 3 is 3.05 bits per heavy atom. The number of unbranched alkanes of at least 4 members (excludes halogenated alkanes) is 3. The summed E-state index contributed by atoms with van der Waals surface area (Å²) in [7, 11) is 0. The molecule has 0 fully saturated rings. The van der Waals surface area contributed by atoms with Crippen LogP contribution in [0.25, 0.3) is 0 Å². The highest BCUT2D eigenvalue weighted by atomic mass is 16.1. The van der Waals surface area contributed by atoms with Crippen molar-refractivity contribution in [1.29, 1.82) is 0 Å². The number of benzene rings is 1. The quantitative estimate of drug-likeness (QED) is 0.459. The maximum Gasteiger partial charge on any atom is 0.163 e. The Hall–Kier alpha value is -1.41. The van der Waals surface area contributed by atoms with Crippen molar-refractivity contribution in [2.45, 2.75) is 45.1 Å². The summed E-state index contributed by atoms with van der Waals surface area (Å²) in [6.45, 7) is 5.60. The van der Waals surface area contributed by atoms with Crippen LogP contribution in [0.1, 0.15) is 53.6 Å². The predicted octanol–water partition coefficient (Wildman–Crippen LogP) is 3.65. The van der Waals surface area contributed by atoms with Gasteiger partial charge in [-0.05, 0) is 43.4 Å². The van der Waals surface area contributed by atoms with Gasteiger partial charge >= 0.3 is 0 Å². The first-order valence-electron chi connectivity index (χ1n) is 7.28. The number of Topliss-reactive ketones (excluding diaryl/α,β-unsaturated/α-hetero) is 1. The number of allylic oxidation sites excluding steroid dienone is 1. The number of rotatable bonds is 7. The normalized spacial score (nSPS) is 13.9. The molecule has 0 unspecified atom stereocenters. The van der Waals surface area contributed by atoms with Crippen LogP contribution in [0.2, 0.25) is 0 Å². The minimum Gasteiger partial charge on any atom is -0.312 e. The summed E-state index contributed by atoms with van der Waals surface area (Å²) < 4.78 is 0. The fourth-order valence-electron chi connectivity index (χ4n) is 2.68. The lowest BCUT2D eigenvalue weighted by molar-refractivity contribution is 0.0978. The van der Waals surface area contributed by atoms with Crippen LogP contribution >= 0.6 is 0 Å². The lowest BCUT2D eigenvalue weighted by atomic mass is 9.91. The Kier molecular flexibility index (Phi) is 5.34. The highest BCUT2D eigenvalue weighted by molar-refractivity contribution is 5.97. The van der Waals surface area contributed by atoms with E-state index in [0.29, 0.717) is 12.2 Å². The summed E-state index contributed by atoms with van der Waals surface area (Å²) in [6.07, 6.45) is 7.92. The van der Waals surface area contributed by atoms with Crippen LogP contribution in [0.3, 0.4) is 0 Å². The van der Waals surface area contributed by atoms with Crippen LogP contribution in [0.4, 0.5) is 0 Å². The lowest BCUT2D eigenvalue weighted by Crippen LogP contribution is -2.25. The zero-order valence-corrected chi connectivity index (χ0v) is 11.6. The summed E-state index contributed by atoms with van der Waals surface area (Å²) in [6, 6.07) is 6.13. The maximum atomic E-state index is 12.3. The molecular weight excluding hydrogens is 234 g/mol. The van der Waals surface area contributed by atoms with Crippen molar-refractivity contribution in [3.05, 3.63) is 47.5 Å². The number of carbonyl (C=O) groups excluding carboxylic acids is 1. The van der Waals surface area contributed by atoms with Crippen molar-refractivity contribution in [1.82, 2.24) is 5.32 Å². The first kappa shape index (κ1) is 14.0. The smallest absolute Gasteiger partial charge is 0.163 e. The average Bonchev–Trinajstić information content (AvgIpc) is 2.46. The molecule has 0 spiro atoms. The van der Waals surface area contributed by atoms with Crippen molar-refractivity contribution >= 4 is 5.78 Å². The van der Waals surface area contributed by atoms with Gasteiger partial charge in [-0.1, -0.05) is 30.7 Å². The highest BCUT2D eigenvalue weighted by Gasteiger charge is 2.16. The number of hydrogen-bond donors (Lipinski definition) is 1. The molecule has 0 radical (unpaired) electrons. The van der Waals surface area contributed by atoms with Crippen molar-refractivity contribution in [2.75, 3.05) is 6.54 Å². The van der Waals surface area contributed by atoms with Gasteiger partial charge in [0.2, 0.25) is 0 Å². The van der Waals surface area contributed by atoms with Crippen molar-refractivity contribution in [3.8, 4) is 0 Å². The first-order valence-corrected chi connectivity index (χ1v) is 7.28. The number of nitrogens with one attached hydrogen (secondary N) is 1. The Labute approximate surface area is 115 Å². The zero-order chi connectivity index (χ0) is 13.5. The van der Waals surface area contributed by atoms with E-state index < -0.39 is 0 Å². The minimum atomic E-state index is 0.317. The fourth-order valence-corrected chi connectivity index (χ4v) is 2.68. The van der Waals surface area contributed by atoms with Crippen molar-refractivity contribution in [3.63, 3.8) is 0 Å². The molecule has 0 amide bonds. The van der Waals surface area contributed by atoms with E-state index in [1.807, 2.05) is 18.2 Å². The molecule has 0 bridgehead atoms. The second kappa shape index (κ2) is 7.25. The number of fused-ring (bicyclic) bond motifs is 1. The number of carbonyl (C=O) groups is 1. The van der Waals surface area contributed by atoms with Crippen LogP contribution in [0.15, 0.2) is 30.9 Å². The third-order valence-corrected chi connectivity index (χ3v) is 3.75. The molecule has 102 valence electrons. The second-order valence-corrected chi connectivity index (χ2v) is 5.18. The summed E-state index contributed by atoms with van der Waals surface area (Å²) in [5.41, 5.74) is 3.53. The van der Waals surface area contributed by atoms with Gasteiger partial charge in [-0.15, -0.1) is 6.58 Å². The molecule has 1 aromatic rings. The zero-order valence-electron chi connectivity index (χ0n) is 11.6. The molecular formula is C17H23NO. The first-order chi connectivity index (χ1) is 9.33. The van der Waals surface area contributed by atoms with E-state index in [9.17, 15) is 4.79 Å². The number of hydrogen-bond acceptors (Lipinski definition) is 2. The van der Waals surface area contributed by atoms with Gasteiger partial charge in [-0.3, -0.25) is 4.79 Å². The Morgan fingerprint density at radius 2 is 2.21 bits per heavy atom. The molecule has 2 heteroatoms. The monoisotopic (exact) mass is 257 g/mol. The van der Waals surface area contributed by atoms with Crippen LogP contribution in [-0.2, 0) is 13.0 Å². The van der Waals surface area contributed by atoms with Gasteiger partial charge < -0.3 is 5.32 Å². The van der Waals surface area contributed by atoms with Crippen LogP contribution in [0, 0.1) is 0 Å². The minimum absolute atomic E-state index is 0.317. The molecule has 1 N–H and O–H groups in total. The average molecular weight is 257 g/mol. The van der Waals surface area contributed by atoms with Crippen LogP contribution < -0.4 is 5.32 Å². The third-order valence-electron chi connectivity index (χ3n) is 3.75. The second-order valence-electron chi connectivity index (χ2n) is 5.18. The van der Waals surface area contributed by atoms with Crippen molar-refractivity contribution < 1.29 is 4.79 Å². The van der Waals surface area contributed by atoms with E-state index in [0.717, 1.165) is 50.8 Å². The van der Waals surface area contributed by atoms with Gasteiger partial charge in [0.15, 0.2) is 5.78 Å². The van der Waals surface area contributed by atoms with Crippen LogP contribution in [-0.4, -0.2) is 12.3 Å². The topological polar surface area (TPSA) is 29.1 Å². The SMILES string of the molecule is C=CCCCCCC(=O)c1cccc2c1CCNC2. The Balaban J connectivity index is 1.93. The Morgan fingerprint density at radius 1 is 1.32 bits per heavy atom. The predicted molar refractivity (Wildman–Crippen MR) is 79.5 cm³/mol. The molecule has 0 atom stereocenters. The highest BCUT2D eigenvalue weighted by Crippen LogP contribution is 2.21. The van der Waals surface area contributed by atoms with E-state index >= 15 is 0 Å². The molecule has 0 saturated carbocycles. The molecule has 0 saturated heterocycles. The summed E-state index contributed by atoms with van der Waals surface area (Å²) in [5, 5.41) is 3.35. The van der Waals surface area contributed by atoms with E-state index in [1.54, 1.807) is 0 Å². The summed E-state index contributed by atoms with van der Waals surface area (Å²) >= 11 is 0. The largest absolute Gasteiger partial charge is 0.312 e. The van der Waals surface area contributed by atoms with E-state index in [2.05, 4.69) is 18.0 Å². The maximum absolute atomic E-state index is 12.3. The molecule has 1 heterocycles. The molecule has 0 aromatic heterocycles. The summed E-state index contributed by atoms with van der Waals surface area (Å²) in [4.78, 5) is 12.3. The standard InChI is InChI=1S/C17H23NO/c1-2-3-4-5-6-10-17(19)16-9-7-8-14-13-18-12-11-15(14)16/h2,7-9,18H,1,3-6,10-13H2. The molecule has 2 rings (SSSR count). The van der Waals surface area contributed by atoms with Gasteiger partial charge in [-0.2, -0.15) is 0 Å². The Bertz CT molecular complexity index is 451. The van der Waals surface area contributed by atoms with Gasteiger partial charge in [-0.25, -0.2) is 0 Å². The molecule has 1 aromatic carbocycles. The fraction of sp³-hybridized carbons (Fsp3) is 0.471. The van der Waals surface area contributed by atoms with Crippen LogP contribution in [0.5, 0.6) is 0 Å².